The zero-order chi connectivity index (χ0) is 21.9. The number of nitrogens with zero attached hydrogens (tertiary/aromatic N) is 3. The average molecular weight is 424 g/mol. The summed E-state index contributed by atoms with van der Waals surface area (Å²) in [4.78, 5) is 26.2. The maximum atomic E-state index is 11.2. The standard InChI is InChI=1S/C12H10N2O3S.C8H6N2O2/c1-18-11-5-3-10(4-6-11)17-12-7-2-9(8-13-12)14(15)16;9-4-6(5-10)8(11)7-2-1-3-12-7/h2-8H,1H3;1-4H,9H2/b;6-4+. The number of allylic oxidation sites excluding steroid dienone is 1. The van der Waals surface area contributed by atoms with Crippen LogP contribution < -0.4 is 10.5 Å². The number of ketones is 1. The highest BCUT2D eigenvalue weighted by molar-refractivity contribution is 7.98. The van der Waals surface area contributed by atoms with Gasteiger partial charge in [0, 0.05) is 23.2 Å². The van der Waals surface area contributed by atoms with Crippen LogP contribution >= 0.6 is 11.8 Å². The summed E-state index contributed by atoms with van der Waals surface area (Å²) < 4.78 is 10.3. The van der Waals surface area contributed by atoms with Crippen LogP contribution in [0.25, 0.3) is 0 Å². The number of carbonyl (C=O) groups is 1. The molecule has 0 aliphatic carbocycles. The minimum absolute atomic E-state index is 0.0555. The number of hydrogen-bond acceptors (Lipinski definition) is 9. The van der Waals surface area contributed by atoms with E-state index in [9.17, 15) is 14.9 Å². The van der Waals surface area contributed by atoms with E-state index in [1.54, 1.807) is 23.9 Å². The van der Waals surface area contributed by atoms with Crippen LogP contribution in [0.3, 0.4) is 0 Å². The van der Waals surface area contributed by atoms with Crippen LogP contribution in [0.5, 0.6) is 11.6 Å². The molecule has 3 rings (SSSR count). The lowest BCUT2D eigenvalue weighted by Crippen LogP contribution is -2.02. The third-order valence-corrected chi connectivity index (χ3v) is 4.23. The zero-order valence-electron chi connectivity index (χ0n) is 15.7. The average Bonchev–Trinajstić information content (AvgIpc) is 3.31. The van der Waals surface area contributed by atoms with Gasteiger partial charge in [-0.15, -0.1) is 11.8 Å². The fourth-order valence-electron chi connectivity index (χ4n) is 2.01. The molecule has 2 heterocycles. The molecule has 0 bridgehead atoms. The van der Waals surface area contributed by atoms with Crippen molar-refractivity contribution in [2.75, 3.05) is 6.26 Å². The van der Waals surface area contributed by atoms with Crippen molar-refractivity contribution in [3.63, 3.8) is 0 Å². The van der Waals surface area contributed by atoms with Crippen LogP contribution in [0.15, 0.2) is 82.1 Å². The van der Waals surface area contributed by atoms with Crippen molar-refractivity contribution in [1.82, 2.24) is 4.98 Å². The molecule has 3 aromatic rings. The third-order valence-electron chi connectivity index (χ3n) is 3.49. The second kappa shape index (κ2) is 11.0. The van der Waals surface area contributed by atoms with Gasteiger partial charge >= 0.3 is 0 Å². The monoisotopic (exact) mass is 424 g/mol. The molecular weight excluding hydrogens is 408 g/mol. The van der Waals surface area contributed by atoms with Gasteiger partial charge in [-0.3, -0.25) is 14.9 Å². The predicted octanol–water partition coefficient (Wildman–Crippen LogP) is 4.33. The van der Waals surface area contributed by atoms with Crippen LogP contribution in [0.4, 0.5) is 5.69 Å². The minimum atomic E-state index is -0.496. The summed E-state index contributed by atoms with van der Waals surface area (Å²) in [5.74, 6) is 0.602. The molecule has 0 aliphatic rings. The van der Waals surface area contributed by atoms with Crippen molar-refractivity contribution in [3.8, 4) is 17.7 Å². The minimum Gasteiger partial charge on any atom is -0.461 e. The Morgan fingerprint density at radius 2 is 2.03 bits per heavy atom. The first-order chi connectivity index (χ1) is 14.5. The molecule has 0 unspecified atom stereocenters. The number of Topliss-reactive ketones (excluding diaryl/α,β-unsaturated/α-hetero) is 1. The van der Waals surface area contributed by atoms with E-state index in [2.05, 4.69) is 4.98 Å². The summed E-state index contributed by atoms with van der Waals surface area (Å²) >= 11 is 1.64. The molecule has 10 heteroatoms. The highest BCUT2D eigenvalue weighted by Gasteiger charge is 2.13. The Kier molecular flexibility index (Phi) is 8.16. The number of nitro groups is 1. The fourth-order valence-corrected chi connectivity index (χ4v) is 2.42. The molecule has 0 aliphatic heterocycles. The summed E-state index contributed by atoms with van der Waals surface area (Å²) in [6, 6.07) is 15.1. The number of nitriles is 1. The summed E-state index contributed by atoms with van der Waals surface area (Å²) in [6.45, 7) is 0. The van der Waals surface area contributed by atoms with Gasteiger partial charge in [0.25, 0.3) is 5.69 Å². The van der Waals surface area contributed by atoms with Crippen molar-refractivity contribution in [3.05, 3.63) is 88.6 Å². The van der Waals surface area contributed by atoms with Gasteiger partial charge in [0.05, 0.1) is 11.2 Å². The number of carbonyl (C=O) groups excluding carboxylic acids is 1. The first-order valence-corrected chi connectivity index (χ1v) is 9.53. The molecule has 0 atom stereocenters. The van der Waals surface area contributed by atoms with Gasteiger partial charge < -0.3 is 14.9 Å². The Balaban J connectivity index is 0.000000232. The van der Waals surface area contributed by atoms with Crippen molar-refractivity contribution in [1.29, 1.82) is 5.26 Å². The number of ether oxygens (including phenoxy) is 1. The van der Waals surface area contributed by atoms with Crippen molar-refractivity contribution >= 4 is 23.2 Å². The van der Waals surface area contributed by atoms with Gasteiger partial charge in [-0.2, -0.15) is 5.26 Å². The van der Waals surface area contributed by atoms with E-state index in [1.807, 2.05) is 30.5 Å². The maximum absolute atomic E-state index is 11.2. The van der Waals surface area contributed by atoms with Gasteiger partial charge in [0.15, 0.2) is 5.76 Å². The number of benzene rings is 1. The van der Waals surface area contributed by atoms with Crippen molar-refractivity contribution in [2.24, 2.45) is 5.73 Å². The number of furan rings is 1. The third kappa shape index (κ3) is 6.22. The fraction of sp³-hybridized carbons (Fsp3) is 0.0500. The maximum Gasteiger partial charge on any atom is 0.287 e. The highest BCUT2D eigenvalue weighted by Crippen LogP contribution is 2.23. The number of aromatic nitrogens is 1. The van der Waals surface area contributed by atoms with Crippen molar-refractivity contribution in [2.45, 2.75) is 4.90 Å². The van der Waals surface area contributed by atoms with Crippen LogP contribution in [0, 0.1) is 21.4 Å². The molecule has 0 radical (unpaired) electrons. The number of rotatable bonds is 6. The lowest BCUT2D eigenvalue weighted by molar-refractivity contribution is -0.385. The first kappa shape index (κ1) is 22.2. The Bertz CT molecular complexity index is 1060. The second-order valence-corrected chi connectivity index (χ2v) is 6.27. The Morgan fingerprint density at radius 1 is 1.30 bits per heavy atom. The van der Waals surface area contributed by atoms with E-state index in [1.165, 1.54) is 30.7 Å². The number of thioether (sulfide) groups is 1. The van der Waals surface area contributed by atoms with E-state index in [-0.39, 0.29) is 17.0 Å². The molecule has 0 saturated carbocycles. The lowest BCUT2D eigenvalue weighted by atomic mass is 10.1. The molecule has 1 aromatic carbocycles. The van der Waals surface area contributed by atoms with Crippen molar-refractivity contribution < 1.29 is 18.9 Å². The summed E-state index contributed by atoms with van der Waals surface area (Å²) in [5, 5.41) is 18.9. The molecule has 30 heavy (non-hydrogen) atoms. The molecule has 152 valence electrons. The van der Waals surface area contributed by atoms with E-state index >= 15 is 0 Å². The van der Waals surface area contributed by atoms with Crippen LogP contribution in [0.2, 0.25) is 0 Å². The largest absolute Gasteiger partial charge is 0.461 e. The van der Waals surface area contributed by atoms with Gasteiger partial charge in [0.2, 0.25) is 11.7 Å². The van der Waals surface area contributed by atoms with E-state index in [0.29, 0.717) is 11.6 Å². The first-order valence-electron chi connectivity index (χ1n) is 8.31. The van der Waals surface area contributed by atoms with Gasteiger partial charge in [-0.05, 0) is 42.7 Å². The summed E-state index contributed by atoms with van der Waals surface area (Å²) in [5.41, 5.74) is 4.87. The predicted molar refractivity (Wildman–Crippen MR) is 110 cm³/mol. The second-order valence-electron chi connectivity index (χ2n) is 5.39. The Labute approximate surface area is 175 Å². The quantitative estimate of drug-likeness (QED) is 0.152. The smallest absolute Gasteiger partial charge is 0.287 e. The number of pyridine rings is 1. The zero-order valence-corrected chi connectivity index (χ0v) is 16.5. The molecule has 2 aromatic heterocycles. The Hall–Kier alpha value is -4.10. The SMILES string of the molecule is CSc1ccc(Oc2ccc([N+](=O)[O-])cn2)cc1.N#C/C(=C\N)C(=O)c1ccco1. The van der Waals surface area contributed by atoms with E-state index in [0.717, 1.165) is 11.1 Å². The lowest BCUT2D eigenvalue weighted by Gasteiger charge is -2.04. The molecule has 2 N–H and O–H groups in total. The number of nitrogens with two attached hydrogens (primary N) is 1. The van der Waals surface area contributed by atoms with E-state index < -0.39 is 10.7 Å². The highest BCUT2D eigenvalue weighted by atomic mass is 32.2. The molecule has 9 nitrogen and oxygen atoms in total. The van der Waals surface area contributed by atoms with Crippen LogP contribution in [0.1, 0.15) is 10.6 Å². The van der Waals surface area contributed by atoms with Crippen LogP contribution in [-0.4, -0.2) is 21.9 Å². The summed E-state index contributed by atoms with van der Waals surface area (Å²) in [7, 11) is 0. The van der Waals surface area contributed by atoms with Gasteiger partial charge in [-0.25, -0.2) is 4.98 Å². The van der Waals surface area contributed by atoms with Gasteiger partial charge in [0.1, 0.15) is 23.6 Å². The molecule has 0 spiro atoms. The normalized spacial score (nSPS) is 10.3. The molecular formula is C20H16N4O5S. The Morgan fingerprint density at radius 3 is 2.50 bits per heavy atom. The molecule has 0 fully saturated rings. The molecule has 0 amide bonds. The molecule has 0 saturated heterocycles. The number of hydrogen-bond donors (Lipinski definition) is 1. The summed E-state index contributed by atoms with van der Waals surface area (Å²) in [6.07, 6.45) is 5.49. The topological polar surface area (TPSA) is 145 Å². The van der Waals surface area contributed by atoms with Gasteiger partial charge in [-0.1, -0.05) is 0 Å². The van der Waals surface area contributed by atoms with E-state index in [4.69, 9.17) is 20.1 Å². The van der Waals surface area contributed by atoms with Crippen LogP contribution in [-0.2, 0) is 0 Å².